The number of fused-ring (bicyclic) bond motifs is 1. The number of hydrogen-bond donors (Lipinski definition) is 2. The monoisotopic (exact) mass is 428 g/mol. The molecule has 0 spiro atoms. The summed E-state index contributed by atoms with van der Waals surface area (Å²) in [4.78, 5) is 22.7. The highest BCUT2D eigenvalue weighted by Crippen LogP contribution is 2.30. The van der Waals surface area contributed by atoms with Crippen LogP contribution in [0.5, 0.6) is 0 Å². The van der Waals surface area contributed by atoms with E-state index in [1.165, 1.54) is 12.4 Å². The van der Waals surface area contributed by atoms with Crippen LogP contribution < -0.4 is 5.73 Å². The average molecular weight is 428 g/mol. The van der Waals surface area contributed by atoms with Crippen molar-refractivity contribution in [2.45, 2.75) is 19.7 Å². The molecule has 2 heterocycles. The summed E-state index contributed by atoms with van der Waals surface area (Å²) in [6.07, 6.45) is 2.72. The van der Waals surface area contributed by atoms with Gasteiger partial charge in [0.2, 0.25) is 5.91 Å². The van der Waals surface area contributed by atoms with Crippen LogP contribution in [-0.4, -0.2) is 42.2 Å². The first kappa shape index (κ1) is 21.2. The smallest absolute Gasteiger partial charge is 0.246 e. The summed E-state index contributed by atoms with van der Waals surface area (Å²) in [5, 5.41) is 14.9. The van der Waals surface area contributed by atoms with Crippen LogP contribution in [0, 0.1) is 0 Å². The molecule has 0 aliphatic carbocycles. The Balaban J connectivity index is 1.67. The fraction of sp³-hybridized carbons (Fsp3) is 0.167. The number of benzene rings is 2. The predicted molar refractivity (Wildman–Crippen MR) is 123 cm³/mol. The van der Waals surface area contributed by atoms with Crippen molar-refractivity contribution < 1.29 is 9.90 Å². The summed E-state index contributed by atoms with van der Waals surface area (Å²) in [7, 11) is 0. The van der Waals surface area contributed by atoms with Crippen molar-refractivity contribution in [1.29, 1.82) is 0 Å². The fourth-order valence-corrected chi connectivity index (χ4v) is 3.62. The molecule has 8 nitrogen and oxygen atoms in total. The van der Waals surface area contributed by atoms with Crippen LogP contribution in [0.15, 0.2) is 73.6 Å². The van der Waals surface area contributed by atoms with Gasteiger partial charge in [-0.1, -0.05) is 55.1 Å². The molecule has 0 radical (unpaired) electrons. The number of amides is 1. The Morgan fingerprint density at radius 3 is 2.66 bits per heavy atom. The SMILES string of the molecule is C=CC(=O)N(CCn1nc(-c2cccc(CO)c2)c2c(N)ncnc21)Cc1ccccc1. The molecule has 0 aliphatic heterocycles. The summed E-state index contributed by atoms with van der Waals surface area (Å²) in [6.45, 7) is 4.85. The molecule has 2 aromatic carbocycles. The highest BCUT2D eigenvalue weighted by molar-refractivity contribution is 5.98. The zero-order chi connectivity index (χ0) is 22.5. The zero-order valence-corrected chi connectivity index (χ0v) is 17.6. The quantitative estimate of drug-likeness (QED) is 0.418. The van der Waals surface area contributed by atoms with E-state index in [4.69, 9.17) is 10.8 Å². The maximum absolute atomic E-state index is 12.5. The fourth-order valence-electron chi connectivity index (χ4n) is 3.62. The van der Waals surface area contributed by atoms with Crippen LogP contribution in [0.2, 0.25) is 0 Å². The van der Waals surface area contributed by atoms with Crippen LogP contribution in [0.25, 0.3) is 22.3 Å². The molecule has 2 aromatic heterocycles. The first-order valence-electron chi connectivity index (χ1n) is 10.2. The van der Waals surface area contributed by atoms with Gasteiger partial charge in [0.1, 0.15) is 17.8 Å². The van der Waals surface area contributed by atoms with E-state index in [-0.39, 0.29) is 12.5 Å². The van der Waals surface area contributed by atoms with Crippen LogP contribution in [0.1, 0.15) is 11.1 Å². The topological polar surface area (TPSA) is 110 Å². The molecule has 0 atom stereocenters. The van der Waals surface area contributed by atoms with Gasteiger partial charge in [-0.2, -0.15) is 5.10 Å². The van der Waals surface area contributed by atoms with Crippen LogP contribution in [0.3, 0.4) is 0 Å². The van der Waals surface area contributed by atoms with Crippen molar-refractivity contribution in [3.8, 4) is 11.3 Å². The van der Waals surface area contributed by atoms with Gasteiger partial charge in [-0.3, -0.25) is 4.79 Å². The molecule has 4 rings (SSSR count). The number of aliphatic hydroxyl groups is 1. The van der Waals surface area contributed by atoms with Crippen molar-refractivity contribution in [2.75, 3.05) is 12.3 Å². The number of anilines is 1. The third-order valence-electron chi connectivity index (χ3n) is 5.23. The van der Waals surface area contributed by atoms with Crippen LogP contribution in [0.4, 0.5) is 5.82 Å². The number of nitrogens with zero attached hydrogens (tertiary/aromatic N) is 5. The molecular formula is C24H24N6O2. The number of aliphatic hydroxyl groups excluding tert-OH is 1. The third kappa shape index (κ3) is 4.35. The average Bonchev–Trinajstić information content (AvgIpc) is 3.22. The van der Waals surface area contributed by atoms with Gasteiger partial charge in [0.15, 0.2) is 5.65 Å². The van der Waals surface area contributed by atoms with Gasteiger partial charge in [-0.15, -0.1) is 0 Å². The van der Waals surface area contributed by atoms with Crippen molar-refractivity contribution in [3.05, 3.63) is 84.7 Å². The number of nitrogens with two attached hydrogens (primary N) is 1. The van der Waals surface area contributed by atoms with E-state index in [1.54, 1.807) is 9.58 Å². The minimum atomic E-state index is -0.157. The van der Waals surface area contributed by atoms with E-state index >= 15 is 0 Å². The number of hydrogen-bond acceptors (Lipinski definition) is 6. The van der Waals surface area contributed by atoms with Gasteiger partial charge in [-0.25, -0.2) is 14.6 Å². The Morgan fingerprint density at radius 2 is 1.91 bits per heavy atom. The molecule has 32 heavy (non-hydrogen) atoms. The Kier molecular flexibility index (Phi) is 6.23. The lowest BCUT2D eigenvalue weighted by molar-refractivity contribution is -0.126. The van der Waals surface area contributed by atoms with E-state index in [0.717, 1.165) is 16.7 Å². The Morgan fingerprint density at radius 1 is 1.12 bits per heavy atom. The summed E-state index contributed by atoms with van der Waals surface area (Å²) >= 11 is 0. The molecule has 0 saturated heterocycles. The second kappa shape index (κ2) is 9.40. The molecule has 0 saturated carbocycles. The normalized spacial score (nSPS) is 10.9. The van der Waals surface area contributed by atoms with Gasteiger partial charge in [0.25, 0.3) is 0 Å². The van der Waals surface area contributed by atoms with Crippen molar-refractivity contribution >= 4 is 22.8 Å². The van der Waals surface area contributed by atoms with Crippen molar-refractivity contribution in [1.82, 2.24) is 24.6 Å². The maximum Gasteiger partial charge on any atom is 0.246 e. The summed E-state index contributed by atoms with van der Waals surface area (Å²) in [5.41, 5.74) is 10.0. The highest BCUT2D eigenvalue weighted by atomic mass is 16.3. The zero-order valence-electron chi connectivity index (χ0n) is 17.6. The second-order valence-corrected chi connectivity index (χ2v) is 7.34. The van der Waals surface area contributed by atoms with Gasteiger partial charge >= 0.3 is 0 Å². The first-order valence-corrected chi connectivity index (χ1v) is 10.2. The third-order valence-corrected chi connectivity index (χ3v) is 5.23. The largest absolute Gasteiger partial charge is 0.392 e. The minimum absolute atomic E-state index is 0.0728. The standard InChI is InChI=1S/C24H24N6O2/c1-2-20(32)29(14-17-7-4-3-5-8-17)11-12-30-24-21(23(25)26-16-27-24)22(28-30)19-10-6-9-18(13-19)15-31/h2-10,13,16,31H,1,11-12,14-15H2,(H2,25,26,27). The predicted octanol–water partition coefficient (Wildman–Crippen LogP) is 2.78. The van der Waals surface area contributed by atoms with Gasteiger partial charge in [0.05, 0.1) is 18.5 Å². The molecule has 162 valence electrons. The number of nitrogen functional groups attached to an aromatic ring is 1. The van der Waals surface area contributed by atoms with Crippen molar-refractivity contribution in [2.24, 2.45) is 0 Å². The molecular weight excluding hydrogens is 404 g/mol. The van der Waals surface area contributed by atoms with Crippen molar-refractivity contribution in [3.63, 3.8) is 0 Å². The van der Waals surface area contributed by atoms with Gasteiger partial charge < -0.3 is 15.7 Å². The molecule has 0 bridgehead atoms. The molecule has 0 unspecified atom stereocenters. The number of rotatable bonds is 8. The second-order valence-electron chi connectivity index (χ2n) is 7.34. The van der Waals surface area contributed by atoms with Gasteiger partial charge in [-0.05, 0) is 23.3 Å². The van der Waals surface area contributed by atoms with Crippen LogP contribution in [-0.2, 0) is 24.5 Å². The molecule has 3 N–H and O–H groups in total. The lowest BCUT2D eigenvalue weighted by Crippen LogP contribution is -2.32. The summed E-state index contributed by atoms with van der Waals surface area (Å²) in [6, 6.07) is 17.2. The van der Waals surface area contributed by atoms with E-state index < -0.39 is 0 Å². The maximum atomic E-state index is 12.5. The van der Waals surface area contributed by atoms with Crippen LogP contribution >= 0.6 is 0 Å². The van der Waals surface area contributed by atoms with E-state index in [0.29, 0.717) is 42.2 Å². The molecule has 0 aliphatic rings. The number of carbonyl (C=O) groups is 1. The van der Waals surface area contributed by atoms with E-state index in [9.17, 15) is 9.90 Å². The Bertz CT molecular complexity index is 1250. The minimum Gasteiger partial charge on any atom is -0.392 e. The first-order chi connectivity index (χ1) is 15.6. The lowest BCUT2D eigenvalue weighted by atomic mass is 10.1. The summed E-state index contributed by atoms with van der Waals surface area (Å²) in [5.74, 6) is 0.171. The molecule has 1 amide bonds. The number of aromatic nitrogens is 4. The number of carbonyl (C=O) groups excluding carboxylic acids is 1. The summed E-state index contributed by atoms with van der Waals surface area (Å²) < 4.78 is 1.74. The Labute approximate surface area is 185 Å². The van der Waals surface area contributed by atoms with E-state index in [1.807, 2.05) is 54.6 Å². The van der Waals surface area contributed by atoms with Gasteiger partial charge in [0, 0.05) is 18.7 Å². The Hall–Kier alpha value is -4.04. The van der Waals surface area contributed by atoms with E-state index in [2.05, 4.69) is 16.5 Å². The molecule has 8 heteroatoms. The highest BCUT2D eigenvalue weighted by Gasteiger charge is 2.19. The molecule has 4 aromatic rings. The molecule has 0 fully saturated rings. The lowest BCUT2D eigenvalue weighted by Gasteiger charge is -2.21.